The van der Waals surface area contributed by atoms with Gasteiger partial charge in [-0.05, 0) is 30.9 Å². The van der Waals surface area contributed by atoms with Crippen LogP contribution in [-0.2, 0) is 27.3 Å². The fraction of sp³-hybridized carbons (Fsp3) is 0.522. The van der Waals surface area contributed by atoms with E-state index in [1.54, 1.807) is 10.9 Å². The lowest BCUT2D eigenvalue weighted by atomic mass is 9.87. The SMILES string of the molecule is C[C@](N)(COP(=O)(O)O)c1nnc(-c2ccc(-c3cnn(CCC4CCCCC4)c3)c(C(F)(F)F)c2)s1. The Labute approximate surface area is 216 Å². The second-order valence-corrected chi connectivity index (χ2v) is 11.9. The first-order chi connectivity index (χ1) is 17.3. The van der Waals surface area contributed by atoms with Gasteiger partial charge in [0, 0.05) is 23.9 Å². The lowest BCUT2D eigenvalue weighted by Gasteiger charge is -2.21. The number of aryl methyl sites for hydroxylation is 1. The normalized spacial score (nSPS) is 17.2. The summed E-state index contributed by atoms with van der Waals surface area (Å²) in [6.45, 7) is 1.55. The van der Waals surface area contributed by atoms with E-state index in [1.807, 2.05) is 0 Å². The zero-order valence-corrected chi connectivity index (χ0v) is 21.9. The number of rotatable bonds is 9. The van der Waals surface area contributed by atoms with E-state index in [4.69, 9.17) is 15.5 Å². The molecule has 1 aliphatic carbocycles. The molecule has 1 saturated carbocycles. The van der Waals surface area contributed by atoms with Gasteiger partial charge < -0.3 is 15.5 Å². The number of aromatic nitrogens is 4. The molecule has 3 aromatic rings. The summed E-state index contributed by atoms with van der Waals surface area (Å²) in [4.78, 5) is 17.8. The van der Waals surface area contributed by atoms with Gasteiger partial charge in [0.15, 0.2) is 0 Å². The van der Waals surface area contributed by atoms with Gasteiger partial charge in [-0.25, -0.2) is 4.57 Å². The highest BCUT2D eigenvalue weighted by Gasteiger charge is 2.35. The molecular weight excluding hydrogens is 530 g/mol. The van der Waals surface area contributed by atoms with Crippen molar-refractivity contribution in [3.63, 3.8) is 0 Å². The topological polar surface area (TPSA) is 136 Å². The van der Waals surface area contributed by atoms with Gasteiger partial charge in [-0.3, -0.25) is 9.21 Å². The summed E-state index contributed by atoms with van der Waals surface area (Å²) in [7, 11) is -4.76. The fourth-order valence-corrected chi connectivity index (χ4v) is 5.75. The second-order valence-electron chi connectivity index (χ2n) is 9.64. The van der Waals surface area contributed by atoms with E-state index in [0.29, 0.717) is 18.0 Å². The number of benzene rings is 1. The molecule has 4 N–H and O–H groups in total. The van der Waals surface area contributed by atoms with Crippen LogP contribution in [0.2, 0.25) is 0 Å². The van der Waals surface area contributed by atoms with Gasteiger partial charge in [0.05, 0.1) is 23.9 Å². The van der Waals surface area contributed by atoms with E-state index >= 15 is 0 Å². The van der Waals surface area contributed by atoms with Crippen LogP contribution < -0.4 is 5.73 Å². The molecule has 2 aromatic heterocycles. The maximum atomic E-state index is 14.1. The van der Waals surface area contributed by atoms with E-state index < -0.39 is 31.7 Å². The average molecular weight is 560 g/mol. The molecule has 1 atom stereocenters. The minimum atomic E-state index is -4.76. The predicted octanol–water partition coefficient (Wildman–Crippen LogP) is 5.34. The first-order valence-electron chi connectivity index (χ1n) is 11.9. The van der Waals surface area contributed by atoms with Crippen molar-refractivity contribution >= 4 is 19.2 Å². The van der Waals surface area contributed by atoms with Crippen LogP contribution in [0.1, 0.15) is 56.0 Å². The second kappa shape index (κ2) is 10.9. The molecule has 9 nitrogen and oxygen atoms in total. The fourth-order valence-electron chi connectivity index (χ4n) is 4.43. The van der Waals surface area contributed by atoms with Crippen molar-refractivity contribution in [2.75, 3.05) is 6.61 Å². The number of hydrogen-bond acceptors (Lipinski definition) is 7. The van der Waals surface area contributed by atoms with Crippen LogP contribution in [0.5, 0.6) is 0 Å². The van der Waals surface area contributed by atoms with E-state index in [1.165, 1.54) is 57.4 Å². The number of phosphoric ester groups is 1. The highest BCUT2D eigenvalue weighted by Crippen LogP contribution is 2.41. The van der Waals surface area contributed by atoms with Crippen molar-refractivity contribution in [3.8, 4) is 21.7 Å². The van der Waals surface area contributed by atoms with Crippen molar-refractivity contribution in [3.05, 3.63) is 41.2 Å². The van der Waals surface area contributed by atoms with E-state index in [-0.39, 0.29) is 21.1 Å². The van der Waals surface area contributed by atoms with Crippen LogP contribution in [0.25, 0.3) is 21.7 Å². The molecular formula is C23H29F3N5O4PS. The number of hydrogen-bond donors (Lipinski definition) is 3. The van der Waals surface area contributed by atoms with Crippen molar-refractivity contribution < 1.29 is 32.0 Å². The molecule has 0 amide bonds. The molecule has 0 saturated heterocycles. The van der Waals surface area contributed by atoms with Gasteiger partial charge >= 0.3 is 14.0 Å². The quantitative estimate of drug-likeness (QED) is 0.299. The summed E-state index contributed by atoms with van der Waals surface area (Å²) in [5.74, 6) is 0.641. The monoisotopic (exact) mass is 559 g/mol. The summed E-state index contributed by atoms with van der Waals surface area (Å²) < 4.78 is 59.4. The van der Waals surface area contributed by atoms with Crippen molar-refractivity contribution in [2.45, 2.75) is 63.7 Å². The largest absolute Gasteiger partial charge is 0.469 e. The number of nitrogens with two attached hydrogens (primary N) is 1. The number of alkyl halides is 3. The molecule has 0 aliphatic heterocycles. The minimum Gasteiger partial charge on any atom is -0.318 e. The van der Waals surface area contributed by atoms with Gasteiger partial charge in [-0.2, -0.15) is 18.3 Å². The molecule has 202 valence electrons. The molecule has 0 spiro atoms. The van der Waals surface area contributed by atoms with Crippen LogP contribution in [0, 0.1) is 5.92 Å². The van der Waals surface area contributed by atoms with Crippen molar-refractivity contribution in [1.82, 2.24) is 20.0 Å². The van der Waals surface area contributed by atoms with Crippen LogP contribution in [0.3, 0.4) is 0 Å². The van der Waals surface area contributed by atoms with Crippen LogP contribution in [-0.4, -0.2) is 36.4 Å². The molecule has 0 bridgehead atoms. The maximum Gasteiger partial charge on any atom is 0.469 e. The summed E-state index contributed by atoms with van der Waals surface area (Å²) >= 11 is 0.925. The Kier molecular flexibility index (Phi) is 8.22. The molecule has 1 aliphatic rings. The summed E-state index contributed by atoms with van der Waals surface area (Å²) in [5.41, 5.74) is 4.42. The van der Waals surface area contributed by atoms with Gasteiger partial charge in [0.25, 0.3) is 0 Å². The molecule has 1 aromatic carbocycles. The van der Waals surface area contributed by atoms with Crippen molar-refractivity contribution in [1.29, 1.82) is 0 Å². The molecule has 2 heterocycles. The zero-order chi connectivity index (χ0) is 26.8. The van der Waals surface area contributed by atoms with Gasteiger partial charge in [-0.1, -0.05) is 55.6 Å². The Morgan fingerprint density at radius 3 is 2.59 bits per heavy atom. The van der Waals surface area contributed by atoms with E-state index in [2.05, 4.69) is 19.8 Å². The summed E-state index contributed by atoms with van der Waals surface area (Å²) in [6, 6.07) is 3.92. The highest BCUT2D eigenvalue weighted by atomic mass is 32.1. The third-order valence-electron chi connectivity index (χ3n) is 6.45. The average Bonchev–Trinajstić information content (AvgIpc) is 3.52. The van der Waals surface area contributed by atoms with E-state index in [9.17, 15) is 17.7 Å². The molecule has 37 heavy (non-hydrogen) atoms. The predicted molar refractivity (Wildman–Crippen MR) is 132 cm³/mol. The lowest BCUT2D eigenvalue weighted by molar-refractivity contribution is -0.137. The zero-order valence-electron chi connectivity index (χ0n) is 20.2. The molecule has 0 unspecified atom stereocenters. The first kappa shape index (κ1) is 27.9. The third-order valence-corrected chi connectivity index (χ3v) is 8.17. The van der Waals surface area contributed by atoms with Gasteiger partial charge in [0.2, 0.25) is 0 Å². The van der Waals surface area contributed by atoms with Gasteiger partial charge in [-0.15, -0.1) is 10.2 Å². The summed E-state index contributed by atoms with van der Waals surface area (Å²) in [6.07, 6.45) is 5.58. The maximum absolute atomic E-state index is 14.1. The molecule has 4 rings (SSSR count). The number of nitrogens with zero attached hydrogens (tertiary/aromatic N) is 4. The molecule has 0 radical (unpaired) electrons. The highest BCUT2D eigenvalue weighted by molar-refractivity contribution is 7.46. The Bertz CT molecular complexity index is 1270. The molecule has 1 fully saturated rings. The van der Waals surface area contributed by atoms with Crippen LogP contribution in [0.4, 0.5) is 13.2 Å². The third kappa shape index (κ3) is 7.24. The first-order valence-corrected chi connectivity index (χ1v) is 14.2. The Morgan fingerprint density at radius 1 is 1.19 bits per heavy atom. The minimum absolute atomic E-state index is 0.0172. The van der Waals surface area contributed by atoms with Crippen LogP contribution in [0.15, 0.2) is 30.6 Å². The Balaban J connectivity index is 1.55. The van der Waals surface area contributed by atoms with E-state index in [0.717, 1.165) is 23.8 Å². The lowest BCUT2D eigenvalue weighted by Crippen LogP contribution is -2.37. The van der Waals surface area contributed by atoms with Gasteiger partial charge in [0.1, 0.15) is 10.0 Å². The number of phosphoric acid groups is 1. The molecule has 14 heteroatoms. The Morgan fingerprint density at radius 2 is 1.92 bits per heavy atom. The summed E-state index contributed by atoms with van der Waals surface area (Å²) in [5, 5.41) is 12.5. The number of halogens is 3. The Hall–Kier alpha value is -2.15. The van der Waals surface area contributed by atoms with Crippen molar-refractivity contribution in [2.24, 2.45) is 11.7 Å². The standard InChI is InChI=1S/C23H29F3N5O4PS/c1-22(27,14-35-36(32,33)34)21-30-29-20(37-21)16-7-8-18(19(11-16)23(24,25)26)17-12-28-31(13-17)10-9-15-5-3-2-4-6-15/h7-8,11-13,15H,2-6,9-10,14,27H2,1H3,(H2,32,33,34)/t22-/m0/s1. The van der Waals surface area contributed by atoms with Crippen LogP contribution >= 0.6 is 19.2 Å². The smallest absolute Gasteiger partial charge is 0.318 e.